The molecule has 184 valence electrons. The molecule has 0 unspecified atom stereocenters. The zero-order valence-corrected chi connectivity index (χ0v) is 19.5. The SMILES string of the molecule is CCOCCOc1ccc(Nc2ncnc3[nH]cc(CNCCCNC)c23)cc1OCC(=O)O. The van der Waals surface area contributed by atoms with Gasteiger partial charge in [-0.05, 0) is 51.2 Å². The monoisotopic (exact) mass is 472 g/mol. The Morgan fingerprint density at radius 1 is 1.15 bits per heavy atom. The molecule has 11 nitrogen and oxygen atoms in total. The number of anilines is 2. The summed E-state index contributed by atoms with van der Waals surface area (Å²) in [7, 11) is 1.94. The molecule has 0 radical (unpaired) electrons. The Hall–Kier alpha value is -3.41. The Morgan fingerprint density at radius 2 is 2.03 bits per heavy atom. The number of fused-ring (bicyclic) bond motifs is 1. The quantitative estimate of drug-likeness (QED) is 0.197. The minimum atomic E-state index is -1.07. The lowest BCUT2D eigenvalue weighted by molar-refractivity contribution is -0.139. The number of benzene rings is 1. The van der Waals surface area contributed by atoms with Crippen molar-refractivity contribution in [3.05, 3.63) is 36.3 Å². The highest BCUT2D eigenvalue weighted by atomic mass is 16.5. The van der Waals surface area contributed by atoms with Gasteiger partial charge >= 0.3 is 5.97 Å². The molecule has 5 N–H and O–H groups in total. The van der Waals surface area contributed by atoms with Gasteiger partial charge < -0.3 is 40.3 Å². The summed E-state index contributed by atoms with van der Waals surface area (Å²) < 4.78 is 16.5. The van der Waals surface area contributed by atoms with Gasteiger partial charge in [0.25, 0.3) is 0 Å². The van der Waals surface area contributed by atoms with Crippen LogP contribution >= 0.6 is 0 Å². The summed E-state index contributed by atoms with van der Waals surface area (Å²) in [5, 5.41) is 19.8. The number of carbonyl (C=O) groups is 1. The molecule has 1 aromatic carbocycles. The molecule has 0 spiro atoms. The zero-order valence-electron chi connectivity index (χ0n) is 19.5. The molecule has 34 heavy (non-hydrogen) atoms. The van der Waals surface area contributed by atoms with Crippen molar-refractivity contribution in [1.82, 2.24) is 25.6 Å². The van der Waals surface area contributed by atoms with Crippen LogP contribution in [0.25, 0.3) is 11.0 Å². The Labute approximate surface area is 198 Å². The number of hydrogen-bond donors (Lipinski definition) is 5. The molecule has 0 aliphatic rings. The number of nitrogens with zero attached hydrogens (tertiary/aromatic N) is 2. The number of rotatable bonds is 16. The average Bonchev–Trinajstić information content (AvgIpc) is 3.25. The van der Waals surface area contributed by atoms with Gasteiger partial charge in [0, 0.05) is 31.1 Å². The van der Waals surface area contributed by atoms with Gasteiger partial charge in [-0.2, -0.15) is 0 Å². The van der Waals surface area contributed by atoms with Crippen molar-refractivity contribution >= 4 is 28.5 Å². The number of carboxylic acid groups (broad SMARTS) is 1. The number of H-pyrrole nitrogens is 1. The predicted octanol–water partition coefficient (Wildman–Crippen LogP) is 2.28. The van der Waals surface area contributed by atoms with Crippen LogP contribution in [0.4, 0.5) is 11.5 Å². The number of nitrogens with one attached hydrogen (secondary N) is 4. The fourth-order valence-corrected chi connectivity index (χ4v) is 3.32. The van der Waals surface area contributed by atoms with Crippen LogP contribution in [-0.2, 0) is 16.1 Å². The molecule has 0 bridgehead atoms. The fourth-order valence-electron chi connectivity index (χ4n) is 3.32. The lowest BCUT2D eigenvalue weighted by atomic mass is 10.2. The van der Waals surface area contributed by atoms with Gasteiger partial charge in [-0.1, -0.05) is 0 Å². The van der Waals surface area contributed by atoms with E-state index in [-0.39, 0.29) is 0 Å². The van der Waals surface area contributed by atoms with E-state index in [0.29, 0.717) is 49.4 Å². The standard InChI is InChI=1S/C23H32N6O5/c1-3-32-9-10-33-18-6-5-17(11-19(18)34-14-20(30)31)29-23-21-16(12-25-8-4-7-24-2)13-26-22(21)27-15-28-23/h5-6,11,13,15,24-25H,3-4,7-10,12,14H2,1-2H3,(H,30,31)(H2,26,27,28,29). The van der Waals surface area contributed by atoms with Crippen molar-refractivity contribution in [2.45, 2.75) is 19.9 Å². The van der Waals surface area contributed by atoms with Crippen LogP contribution in [0, 0.1) is 0 Å². The first-order valence-electron chi connectivity index (χ1n) is 11.2. The molecule has 2 heterocycles. The van der Waals surface area contributed by atoms with Crippen molar-refractivity contribution in [3.8, 4) is 11.5 Å². The molecule has 0 amide bonds. The Balaban J connectivity index is 1.77. The van der Waals surface area contributed by atoms with E-state index in [1.54, 1.807) is 12.1 Å². The number of aromatic nitrogens is 3. The van der Waals surface area contributed by atoms with E-state index in [1.807, 2.05) is 26.2 Å². The highest BCUT2D eigenvalue weighted by molar-refractivity contribution is 5.92. The molecular formula is C23H32N6O5. The van der Waals surface area contributed by atoms with Crippen molar-refractivity contribution in [2.75, 3.05) is 51.9 Å². The summed E-state index contributed by atoms with van der Waals surface area (Å²) in [4.78, 5) is 23.0. The molecular weight excluding hydrogens is 440 g/mol. The third-order valence-corrected chi connectivity index (χ3v) is 4.89. The van der Waals surface area contributed by atoms with Gasteiger partial charge in [-0.25, -0.2) is 14.8 Å². The highest BCUT2D eigenvalue weighted by Gasteiger charge is 2.14. The van der Waals surface area contributed by atoms with Crippen molar-refractivity contribution in [2.24, 2.45) is 0 Å². The van der Waals surface area contributed by atoms with Gasteiger partial charge in [0.2, 0.25) is 0 Å². The maximum Gasteiger partial charge on any atom is 0.341 e. The van der Waals surface area contributed by atoms with Crippen molar-refractivity contribution in [3.63, 3.8) is 0 Å². The molecule has 0 aliphatic heterocycles. The smallest absolute Gasteiger partial charge is 0.341 e. The summed E-state index contributed by atoms with van der Waals surface area (Å²) in [6.07, 6.45) is 4.43. The fraction of sp³-hybridized carbons (Fsp3) is 0.435. The second-order valence-electron chi connectivity index (χ2n) is 7.41. The maximum atomic E-state index is 11.0. The van der Waals surface area contributed by atoms with E-state index in [2.05, 4.69) is 30.9 Å². The third kappa shape index (κ3) is 7.30. The number of aliphatic carboxylic acids is 1. The summed E-state index contributed by atoms with van der Waals surface area (Å²) >= 11 is 0. The Kier molecular flexibility index (Phi) is 9.89. The van der Waals surface area contributed by atoms with Gasteiger partial charge in [-0.15, -0.1) is 0 Å². The second-order valence-corrected chi connectivity index (χ2v) is 7.41. The first-order valence-corrected chi connectivity index (χ1v) is 11.2. The number of carboxylic acids is 1. The molecule has 0 aliphatic carbocycles. The van der Waals surface area contributed by atoms with Gasteiger partial charge in [0.1, 0.15) is 24.4 Å². The number of aromatic amines is 1. The first-order chi connectivity index (χ1) is 16.6. The Bertz CT molecular complexity index is 1060. The molecule has 0 saturated carbocycles. The van der Waals surface area contributed by atoms with Crippen molar-refractivity contribution in [1.29, 1.82) is 0 Å². The molecule has 3 aromatic rings. The van der Waals surface area contributed by atoms with Crippen molar-refractivity contribution < 1.29 is 24.1 Å². The highest BCUT2D eigenvalue weighted by Crippen LogP contribution is 2.33. The summed E-state index contributed by atoms with van der Waals surface area (Å²) in [5.41, 5.74) is 2.44. The van der Waals surface area contributed by atoms with E-state index < -0.39 is 12.6 Å². The third-order valence-electron chi connectivity index (χ3n) is 4.89. The molecule has 3 rings (SSSR count). The van der Waals surface area contributed by atoms with Crippen LogP contribution < -0.4 is 25.4 Å². The van der Waals surface area contributed by atoms with Crippen LogP contribution in [0.1, 0.15) is 18.9 Å². The lowest BCUT2D eigenvalue weighted by Gasteiger charge is -2.14. The Morgan fingerprint density at radius 3 is 2.82 bits per heavy atom. The average molecular weight is 473 g/mol. The first kappa shape index (κ1) is 25.2. The van der Waals surface area contributed by atoms with E-state index in [9.17, 15) is 4.79 Å². The maximum absolute atomic E-state index is 11.0. The second kappa shape index (κ2) is 13.3. The van der Waals surface area contributed by atoms with E-state index >= 15 is 0 Å². The van der Waals surface area contributed by atoms with Gasteiger partial charge in [-0.3, -0.25) is 0 Å². The molecule has 11 heteroatoms. The molecule has 0 fully saturated rings. The van der Waals surface area contributed by atoms with Gasteiger partial charge in [0.05, 0.1) is 12.0 Å². The predicted molar refractivity (Wildman–Crippen MR) is 129 cm³/mol. The van der Waals surface area contributed by atoms with Crippen LogP contribution in [0.2, 0.25) is 0 Å². The molecule has 0 atom stereocenters. The molecule has 2 aromatic heterocycles. The number of ether oxygens (including phenoxy) is 3. The van der Waals surface area contributed by atoms with Gasteiger partial charge in [0.15, 0.2) is 18.1 Å². The summed E-state index contributed by atoms with van der Waals surface area (Å²) in [5.74, 6) is 0.310. The van der Waals surface area contributed by atoms with E-state index in [1.165, 1.54) is 6.33 Å². The molecule has 0 saturated heterocycles. The largest absolute Gasteiger partial charge is 0.487 e. The van der Waals surface area contributed by atoms with Crippen LogP contribution in [0.15, 0.2) is 30.7 Å². The van der Waals surface area contributed by atoms with Crippen LogP contribution in [-0.4, -0.2) is 72.6 Å². The summed E-state index contributed by atoms with van der Waals surface area (Å²) in [6, 6.07) is 5.24. The van der Waals surface area contributed by atoms with E-state index in [0.717, 1.165) is 36.1 Å². The van der Waals surface area contributed by atoms with Crippen LogP contribution in [0.3, 0.4) is 0 Å². The minimum absolute atomic E-state index is 0.315. The van der Waals surface area contributed by atoms with E-state index in [4.69, 9.17) is 19.3 Å². The van der Waals surface area contributed by atoms with Crippen LogP contribution in [0.5, 0.6) is 11.5 Å². The topological polar surface area (TPSA) is 143 Å². The normalized spacial score (nSPS) is 11.0. The minimum Gasteiger partial charge on any atom is -0.487 e. The summed E-state index contributed by atoms with van der Waals surface area (Å²) in [6.45, 7) is 5.27. The zero-order chi connectivity index (χ0) is 24.2. The lowest BCUT2D eigenvalue weighted by Crippen LogP contribution is -2.19. The number of hydrogen-bond acceptors (Lipinski definition) is 9.